The Balaban J connectivity index is 2.05. The molecule has 0 aromatic heterocycles. The second kappa shape index (κ2) is 7.58. The number of hydrogen-bond acceptors (Lipinski definition) is 6. The first-order valence-electron chi connectivity index (χ1n) is 7.96. The molecule has 0 aliphatic carbocycles. The molecule has 27 heavy (non-hydrogen) atoms. The first-order valence-corrected chi connectivity index (χ1v) is 9.38. The van der Waals surface area contributed by atoms with Gasteiger partial charge in [-0.05, 0) is 19.1 Å². The van der Waals surface area contributed by atoms with Crippen molar-refractivity contribution in [3.05, 3.63) is 74.3 Å². The summed E-state index contributed by atoms with van der Waals surface area (Å²) in [6, 6.07) is 9.76. The molecule has 9 heteroatoms. The molecule has 0 saturated carbocycles. The number of carbonyl (C=O) groups excluding carboxylic acids is 2. The third-order valence-electron chi connectivity index (χ3n) is 4.33. The van der Waals surface area contributed by atoms with E-state index in [2.05, 4.69) is 0 Å². The molecule has 0 N–H and O–H groups in total. The number of aryl methyl sites for hydroxylation is 1. The van der Waals surface area contributed by atoms with E-state index in [1.54, 1.807) is 31.2 Å². The number of nitro benzene ring substituents is 1. The average Bonchev–Trinajstić information content (AvgIpc) is 3.06. The molecule has 0 spiro atoms. The molecule has 2 aromatic carbocycles. The maximum Gasteiger partial charge on any atom is 0.273 e. The van der Waals surface area contributed by atoms with Gasteiger partial charge in [0, 0.05) is 33.5 Å². The Morgan fingerprint density at radius 3 is 2.59 bits per heavy atom. The topological polar surface area (TPSA) is 104 Å². The Labute approximate surface area is 164 Å². The van der Waals surface area contributed by atoms with Crippen LogP contribution in [0.3, 0.4) is 0 Å². The van der Waals surface area contributed by atoms with Crippen LogP contribution in [0.5, 0.6) is 0 Å². The normalized spacial score (nSPS) is 19.1. The summed E-state index contributed by atoms with van der Waals surface area (Å²) in [6.45, 7) is 1.56. The van der Waals surface area contributed by atoms with Gasteiger partial charge in [0.25, 0.3) is 11.6 Å². The Morgan fingerprint density at radius 1 is 1.26 bits per heavy atom. The smallest absolute Gasteiger partial charge is 0.273 e. The molecular formula is C18H14ClN2O5S-. The van der Waals surface area contributed by atoms with Gasteiger partial charge in [-0.3, -0.25) is 14.9 Å². The summed E-state index contributed by atoms with van der Waals surface area (Å²) in [4.78, 5) is 36.5. The standard InChI is InChI=1S/C18H15ClN2O5S/c1-10-6-7-11(8-14(10)21(25)26)16(22)20-15(18(23)24)9-27-17(20)12-4-2-3-5-13(12)19/h2-8,15,17H,9H2,1H3,(H,23,24)/p-1. The van der Waals surface area contributed by atoms with Crippen LogP contribution in [0.15, 0.2) is 42.5 Å². The number of aliphatic carboxylic acids is 1. The number of benzene rings is 2. The lowest BCUT2D eigenvalue weighted by Crippen LogP contribution is -2.49. The number of carbonyl (C=O) groups is 2. The molecule has 2 unspecified atom stereocenters. The maximum absolute atomic E-state index is 13.1. The van der Waals surface area contributed by atoms with Crippen LogP contribution in [-0.4, -0.2) is 33.5 Å². The van der Waals surface area contributed by atoms with E-state index in [0.29, 0.717) is 16.1 Å². The number of hydrogen-bond donors (Lipinski definition) is 0. The van der Waals surface area contributed by atoms with Gasteiger partial charge in [0.1, 0.15) is 5.37 Å². The Bertz CT molecular complexity index is 936. The summed E-state index contributed by atoms with van der Waals surface area (Å²) in [5.41, 5.74) is 0.847. The lowest BCUT2D eigenvalue weighted by molar-refractivity contribution is -0.385. The summed E-state index contributed by atoms with van der Waals surface area (Å²) in [5, 5.41) is 22.5. The fraction of sp³-hybridized carbons (Fsp3) is 0.222. The molecule has 1 saturated heterocycles. The number of halogens is 1. The van der Waals surface area contributed by atoms with Crippen LogP contribution in [-0.2, 0) is 4.79 Å². The number of amides is 1. The van der Waals surface area contributed by atoms with E-state index in [4.69, 9.17) is 11.6 Å². The van der Waals surface area contributed by atoms with Crippen molar-refractivity contribution >= 4 is 40.9 Å². The maximum atomic E-state index is 13.1. The van der Waals surface area contributed by atoms with E-state index >= 15 is 0 Å². The van der Waals surface area contributed by atoms with Crippen LogP contribution in [0, 0.1) is 17.0 Å². The SMILES string of the molecule is Cc1ccc(C(=O)N2C(C(=O)[O-])CSC2c2ccccc2Cl)cc1[N+](=O)[O-]. The van der Waals surface area contributed by atoms with Crippen LogP contribution in [0.4, 0.5) is 5.69 Å². The summed E-state index contributed by atoms with van der Waals surface area (Å²) in [7, 11) is 0. The third kappa shape index (κ3) is 3.63. The van der Waals surface area contributed by atoms with Gasteiger partial charge in [-0.25, -0.2) is 0 Å². The Kier molecular flexibility index (Phi) is 5.38. The van der Waals surface area contributed by atoms with Crippen molar-refractivity contribution in [3.63, 3.8) is 0 Å². The van der Waals surface area contributed by atoms with Gasteiger partial charge in [0.05, 0.1) is 16.9 Å². The van der Waals surface area contributed by atoms with Crippen molar-refractivity contribution in [1.82, 2.24) is 4.90 Å². The van der Waals surface area contributed by atoms with Crippen LogP contribution in [0.25, 0.3) is 0 Å². The van der Waals surface area contributed by atoms with Crippen molar-refractivity contribution in [2.45, 2.75) is 18.3 Å². The van der Waals surface area contributed by atoms with Crippen molar-refractivity contribution in [1.29, 1.82) is 0 Å². The molecule has 3 rings (SSSR count). The number of thioether (sulfide) groups is 1. The summed E-state index contributed by atoms with van der Waals surface area (Å²) in [5.74, 6) is -1.87. The van der Waals surface area contributed by atoms with Gasteiger partial charge < -0.3 is 14.8 Å². The average molecular weight is 406 g/mol. The third-order valence-corrected chi connectivity index (χ3v) is 5.98. The largest absolute Gasteiger partial charge is 0.548 e. The quantitative estimate of drug-likeness (QED) is 0.572. The lowest BCUT2D eigenvalue weighted by Gasteiger charge is -2.30. The van der Waals surface area contributed by atoms with E-state index in [1.807, 2.05) is 0 Å². The highest BCUT2D eigenvalue weighted by molar-refractivity contribution is 7.99. The van der Waals surface area contributed by atoms with E-state index in [9.17, 15) is 24.8 Å². The molecule has 0 radical (unpaired) electrons. The zero-order valence-corrected chi connectivity index (χ0v) is 15.7. The number of carboxylic acids is 1. The van der Waals surface area contributed by atoms with Gasteiger partial charge in [-0.1, -0.05) is 35.9 Å². The molecular weight excluding hydrogens is 392 g/mol. The minimum absolute atomic E-state index is 0.0399. The van der Waals surface area contributed by atoms with Crippen LogP contribution >= 0.6 is 23.4 Å². The van der Waals surface area contributed by atoms with Crippen molar-refractivity contribution < 1.29 is 19.6 Å². The minimum Gasteiger partial charge on any atom is -0.548 e. The van der Waals surface area contributed by atoms with Gasteiger partial charge in [-0.15, -0.1) is 11.8 Å². The fourth-order valence-corrected chi connectivity index (χ4v) is 4.69. The minimum atomic E-state index is -1.38. The van der Waals surface area contributed by atoms with E-state index < -0.39 is 28.2 Å². The van der Waals surface area contributed by atoms with E-state index in [1.165, 1.54) is 28.8 Å². The monoisotopic (exact) mass is 405 g/mol. The van der Waals surface area contributed by atoms with Gasteiger partial charge >= 0.3 is 0 Å². The van der Waals surface area contributed by atoms with Crippen LogP contribution in [0.2, 0.25) is 5.02 Å². The summed E-state index contributed by atoms with van der Waals surface area (Å²) >= 11 is 7.49. The van der Waals surface area contributed by atoms with Gasteiger partial charge in [-0.2, -0.15) is 0 Å². The molecule has 1 aliphatic rings. The lowest BCUT2D eigenvalue weighted by atomic mass is 10.1. The number of nitrogens with zero attached hydrogens (tertiary/aromatic N) is 2. The van der Waals surface area contributed by atoms with Crippen molar-refractivity contribution in [2.75, 3.05) is 5.75 Å². The predicted octanol–water partition coefficient (Wildman–Crippen LogP) is 2.56. The first kappa shape index (κ1) is 19.2. The second-order valence-electron chi connectivity index (χ2n) is 6.01. The number of nitro groups is 1. The highest BCUT2D eigenvalue weighted by Crippen LogP contribution is 2.44. The number of rotatable bonds is 4. The number of carboxylic acid groups (broad SMARTS) is 1. The van der Waals surface area contributed by atoms with E-state index in [-0.39, 0.29) is 17.0 Å². The first-order chi connectivity index (χ1) is 12.8. The van der Waals surface area contributed by atoms with Crippen LogP contribution < -0.4 is 5.11 Å². The summed E-state index contributed by atoms with van der Waals surface area (Å²) < 4.78 is 0. The Morgan fingerprint density at radius 2 is 1.96 bits per heavy atom. The second-order valence-corrected chi connectivity index (χ2v) is 7.53. The molecule has 0 bridgehead atoms. The molecule has 1 aliphatic heterocycles. The zero-order chi connectivity index (χ0) is 19.7. The molecule has 1 amide bonds. The molecule has 7 nitrogen and oxygen atoms in total. The van der Waals surface area contributed by atoms with Gasteiger partial charge in [0.2, 0.25) is 0 Å². The fourth-order valence-electron chi connectivity index (χ4n) is 2.94. The van der Waals surface area contributed by atoms with Gasteiger partial charge in [0.15, 0.2) is 0 Å². The predicted molar refractivity (Wildman–Crippen MR) is 99.4 cm³/mol. The molecule has 2 atom stereocenters. The molecule has 1 heterocycles. The van der Waals surface area contributed by atoms with Crippen LogP contribution in [0.1, 0.15) is 26.9 Å². The van der Waals surface area contributed by atoms with Crippen molar-refractivity contribution in [3.8, 4) is 0 Å². The molecule has 2 aromatic rings. The van der Waals surface area contributed by atoms with E-state index in [0.717, 1.165) is 6.07 Å². The highest BCUT2D eigenvalue weighted by Gasteiger charge is 2.40. The summed E-state index contributed by atoms with van der Waals surface area (Å²) in [6.07, 6.45) is 0. The van der Waals surface area contributed by atoms with Crippen molar-refractivity contribution in [2.24, 2.45) is 0 Å². The highest BCUT2D eigenvalue weighted by atomic mass is 35.5. The molecule has 140 valence electrons. The Hall–Kier alpha value is -2.58. The molecule has 1 fully saturated rings. The zero-order valence-electron chi connectivity index (χ0n) is 14.1.